The number of likely N-dealkylation sites (tertiary alicyclic amines) is 1. The number of alkyl halides is 3. The zero-order valence-corrected chi connectivity index (χ0v) is 17.3. The highest BCUT2D eigenvalue weighted by Crippen LogP contribution is 2.46. The molecular formula is C20H21F3N4O5. The molecule has 2 aromatic rings. The lowest BCUT2D eigenvalue weighted by molar-refractivity contribution is -0.192. The van der Waals surface area contributed by atoms with Gasteiger partial charge < -0.3 is 19.4 Å². The van der Waals surface area contributed by atoms with Gasteiger partial charge in [-0.15, -0.1) is 0 Å². The normalized spacial score (nSPS) is 22.8. The number of aryl methyl sites for hydroxylation is 1. The molecule has 0 radical (unpaired) electrons. The van der Waals surface area contributed by atoms with Gasteiger partial charge >= 0.3 is 12.1 Å². The summed E-state index contributed by atoms with van der Waals surface area (Å²) in [6.45, 7) is 5.44. The van der Waals surface area contributed by atoms with E-state index in [0.29, 0.717) is 31.0 Å². The number of rotatable bonds is 2. The van der Waals surface area contributed by atoms with Crippen molar-refractivity contribution in [3.8, 4) is 0 Å². The molecule has 12 heteroatoms. The Morgan fingerprint density at radius 1 is 1.31 bits per heavy atom. The Kier molecular flexibility index (Phi) is 6.24. The van der Waals surface area contributed by atoms with Crippen LogP contribution in [-0.2, 0) is 9.59 Å². The van der Waals surface area contributed by atoms with Crippen LogP contribution in [0, 0.1) is 18.3 Å². The maximum atomic E-state index is 13.2. The van der Waals surface area contributed by atoms with Gasteiger partial charge in [0, 0.05) is 25.8 Å². The molecule has 2 aliphatic heterocycles. The van der Waals surface area contributed by atoms with E-state index < -0.39 is 17.6 Å². The van der Waals surface area contributed by atoms with E-state index in [1.54, 1.807) is 29.1 Å². The molecule has 0 bridgehead atoms. The number of carbonyl (C=O) groups is 3. The molecule has 4 heterocycles. The van der Waals surface area contributed by atoms with Crippen molar-refractivity contribution in [3.05, 3.63) is 42.0 Å². The predicted molar refractivity (Wildman–Crippen MR) is 104 cm³/mol. The molecule has 4 rings (SSSR count). The fourth-order valence-electron chi connectivity index (χ4n) is 4.05. The molecule has 0 saturated carbocycles. The van der Waals surface area contributed by atoms with Crippen molar-refractivity contribution in [2.45, 2.75) is 26.4 Å². The summed E-state index contributed by atoms with van der Waals surface area (Å²) in [6.07, 6.45) is 0.514. The molecule has 9 nitrogen and oxygen atoms in total. The Labute approximate surface area is 180 Å². The minimum absolute atomic E-state index is 0.0883. The van der Waals surface area contributed by atoms with E-state index in [4.69, 9.17) is 14.4 Å². The first-order chi connectivity index (χ1) is 15.0. The quantitative estimate of drug-likeness (QED) is 0.741. The number of aliphatic carboxylic acids is 1. The van der Waals surface area contributed by atoms with Crippen molar-refractivity contribution >= 4 is 23.5 Å². The van der Waals surface area contributed by atoms with Crippen molar-refractivity contribution in [2.24, 2.45) is 11.3 Å². The van der Waals surface area contributed by atoms with Gasteiger partial charge in [-0.1, -0.05) is 12.1 Å². The fraction of sp³-hybridized carbons (Fsp3) is 0.450. The monoisotopic (exact) mass is 454 g/mol. The van der Waals surface area contributed by atoms with Crippen LogP contribution in [0.3, 0.4) is 0 Å². The largest absolute Gasteiger partial charge is 0.490 e. The van der Waals surface area contributed by atoms with Gasteiger partial charge in [0.1, 0.15) is 11.3 Å². The highest BCUT2D eigenvalue weighted by molar-refractivity contribution is 6.02. The minimum Gasteiger partial charge on any atom is -0.475 e. The molecular weight excluding hydrogens is 433 g/mol. The highest BCUT2D eigenvalue weighted by Gasteiger charge is 2.56. The highest BCUT2D eigenvalue weighted by atomic mass is 19.4. The molecule has 0 aromatic carbocycles. The number of hydrogen-bond acceptors (Lipinski definition) is 6. The lowest BCUT2D eigenvalue weighted by Gasteiger charge is -2.26. The molecule has 2 atom stereocenters. The summed E-state index contributed by atoms with van der Waals surface area (Å²) in [7, 11) is 0. The molecule has 2 amide bonds. The first-order valence-corrected chi connectivity index (χ1v) is 9.70. The number of amides is 2. The molecule has 2 saturated heterocycles. The second-order valence-electron chi connectivity index (χ2n) is 7.76. The summed E-state index contributed by atoms with van der Waals surface area (Å²) in [4.78, 5) is 42.5. The van der Waals surface area contributed by atoms with Crippen LogP contribution in [0.1, 0.15) is 29.5 Å². The minimum atomic E-state index is -5.08. The Bertz CT molecular complexity index is 1010. The van der Waals surface area contributed by atoms with Gasteiger partial charge in [-0.25, -0.2) is 4.79 Å². The molecule has 172 valence electrons. The summed E-state index contributed by atoms with van der Waals surface area (Å²) in [5.74, 6) is -2.17. The summed E-state index contributed by atoms with van der Waals surface area (Å²) < 4.78 is 36.7. The first kappa shape index (κ1) is 23.2. The van der Waals surface area contributed by atoms with Gasteiger partial charge in [0.25, 0.3) is 5.91 Å². The zero-order valence-electron chi connectivity index (χ0n) is 17.3. The van der Waals surface area contributed by atoms with Crippen LogP contribution in [0.25, 0.3) is 0 Å². The molecule has 0 unspecified atom stereocenters. The van der Waals surface area contributed by atoms with E-state index in [1.165, 1.54) is 6.20 Å². The van der Waals surface area contributed by atoms with E-state index in [2.05, 4.69) is 17.1 Å². The fourth-order valence-corrected chi connectivity index (χ4v) is 4.05. The maximum Gasteiger partial charge on any atom is 0.490 e. The SMILES string of the molecule is Cc1oncc1C(=O)N1C[C@@H](C)[C@@]2(CCN(c3cccnc3)C2=O)C1.O=C(O)C(F)(F)F. The average Bonchev–Trinajstić information content (AvgIpc) is 3.41. The molecule has 2 aliphatic rings. The molecule has 32 heavy (non-hydrogen) atoms. The molecule has 1 spiro atoms. The number of aromatic nitrogens is 2. The Hall–Kier alpha value is -3.44. The lowest BCUT2D eigenvalue weighted by atomic mass is 9.78. The zero-order chi connectivity index (χ0) is 23.7. The third-order valence-corrected chi connectivity index (χ3v) is 5.83. The molecule has 1 N–H and O–H groups in total. The van der Waals surface area contributed by atoms with E-state index >= 15 is 0 Å². The van der Waals surface area contributed by atoms with Crippen LogP contribution in [0.4, 0.5) is 18.9 Å². The van der Waals surface area contributed by atoms with Crippen molar-refractivity contribution in [2.75, 3.05) is 24.5 Å². The van der Waals surface area contributed by atoms with Gasteiger partial charge in [-0.05, 0) is 31.4 Å². The summed E-state index contributed by atoms with van der Waals surface area (Å²) in [5, 5.41) is 10.8. The molecule has 2 aromatic heterocycles. The van der Waals surface area contributed by atoms with Gasteiger partial charge in [0.05, 0.1) is 23.5 Å². The summed E-state index contributed by atoms with van der Waals surface area (Å²) >= 11 is 0. The number of carbonyl (C=O) groups excluding carboxylic acids is 2. The number of carboxylic acids is 1. The van der Waals surface area contributed by atoms with Gasteiger partial charge in [0.15, 0.2) is 0 Å². The van der Waals surface area contributed by atoms with Crippen molar-refractivity contribution in [3.63, 3.8) is 0 Å². The van der Waals surface area contributed by atoms with Crippen LogP contribution >= 0.6 is 0 Å². The third kappa shape index (κ3) is 4.30. The van der Waals surface area contributed by atoms with Crippen LogP contribution in [0.5, 0.6) is 0 Å². The Morgan fingerprint density at radius 3 is 2.53 bits per heavy atom. The standard InChI is InChI=1S/C18H20N4O3.C2HF3O2/c1-12-10-21(16(23)15-9-20-25-13(15)2)11-18(12)5-7-22(17(18)24)14-4-3-6-19-8-14;3-2(4,5)1(6)7/h3-4,6,8-9,12H,5,7,10-11H2,1-2H3;(H,6,7)/t12-,18-;/m1./s1. The molecule has 0 aliphatic carbocycles. The van der Waals surface area contributed by atoms with Crippen molar-refractivity contribution in [1.82, 2.24) is 15.0 Å². The van der Waals surface area contributed by atoms with E-state index in [0.717, 1.165) is 12.1 Å². The third-order valence-electron chi connectivity index (χ3n) is 5.83. The number of carboxylic acid groups (broad SMARTS) is 1. The predicted octanol–water partition coefficient (Wildman–Crippen LogP) is 2.53. The van der Waals surface area contributed by atoms with E-state index in [-0.39, 0.29) is 17.7 Å². The lowest BCUT2D eigenvalue weighted by Crippen LogP contribution is -2.40. The Balaban J connectivity index is 0.000000360. The number of pyridine rings is 1. The number of hydrogen-bond donors (Lipinski definition) is 1. The van der Waals surface area contributed by atoms with Gasteiger partial charge in [-0.2, -0.15) is 13.2 Å². The average molecular weight is 454 g/mol. The van der Waals surface area contributed by atoms with Crippen molar-refractivity contribution in [1.29, 1.82) is 0 Å². The number of anilines is 1. The second kappa shape index (κ2) is 8.60. The smallest absolute Gasteiger partial charge is 0.475 e. The van der Waals surface area contributed by atoms with Gasteiger partial charge in [0.2, 0.25) is 5.91 Å². The topological polar surface area (TPSA) is 117 Å². The Morgan fingerprint density at radius 2 is 2.00 bits per heavy atom. The first-order valence-electron chi connectivity index (χ1n) is 9.70. The number of halogens is 3. The van der Waals surface area contributed by atoms with Crippen LogP contribution in [0.15, 0.2) is 35.2 Å². The van der Waals surface area contributed by atoms with Crippen LogP contribution in [-0.4, -0.2) is 63.7 Å². The van der Waals surface area contributed by atoms with E-state index in [1.807, 2.05) is 12.1 Å². The van der Waals surface area contributed by atoms with Crippen molar-refractivity contribution < 1.29 is 37.2 Å². The van der Waals surface area contributed by atoms with Crippen LogP contribution in [0.2, 0.25) is 0 Å². The molecule has 2 fully saturated rings. The number of nitrogens with zero attached hydrogens (tertiary/aromatic N) is 4. The summed E-state index contributed by atoms with van der Waals surface area (Å²) in [6, 6.07) is 3.73. The maximum absolute atomic E-state index is 13.2. The van der Waals surface area contributed by atoms with Crippen LogP contribution < -0.4 is 4.90 Å². The second-order valence-corrected chi connectivity index (χ2v) is 7.76. The van der Waals surface area contributed by atoms with E-state index in [9.17, 15) is 22.8 Å². The summed E-state index contributed by atoms with van der Waals surface area (Å²) in [5.41, 5.74) is 0.770. The van der Waals surface area contributed by atoms with Gasteiger partial charge in [-0.3, -0.25) is 14.6 Å².